The summed E-state index contributed by atoms with van der Waals surface area (Å²) in [5.41, 5.74) is 17.7. The molecule has 0 fully saturated rings. The van der Waals surface area contributed by atoms with Crippen molar-refractivity contribution in [3.63, 3.8) is 0 Å². The first kappa shape index (κ1) is 34.6. The number of aromatic nitrogens is 1. The lowest BCUT2D eigenvalue weighted by atomic mass is 9.90. The predicted molar refractivity (Wildman–Crippen MR) is 249 cm³/mol. The monoisotopic (exact) mass is 756 g/mol. The number of hydrogen-bond acceptors (Lipinski definition) is 2. The molecular formula is C56H40N2O. The van der Waals surface area contributed by atoms with Crippen molar-refractivity contribution < 1.29 is 4.42 Å². The third-order valence-electron chi connectivity index (χ3n) is 11.7. The number of aryl methyl sites for hydroxylation is 2. The van der Waals surface area contributed by atoms with Gasteiger partial charge in [0.2, 0.25) is 0 Å². The van der Waals surface area contributed by atoms with E-state index in [9.17, 15) is 0 Å². The minimum atomic E-state index is 0.857. The van der Waals surface area contributed by atoms with E-state index >= 15 is 0 Å². The topological polar surface area (TPSA) is 21.3 Å². The fraction of sp³-hybridized carbons (Fsp3) is 0.0357. The fourth-order valence-corrected chi connectivity index (χ4v) is 9.21. The summed E-state index contributed by atoms with van der Waals surface area (Å²) in [6.07, 6.45) is 0. The molecule has 3 heteroatoms. The Kier molecular flexibility index (Phi) is 8.27. The molecule has 280 valence electrons. The van der Waals surface area contributed by atoms with E-state index in [0.29, 0.717) is 0 Å². The predicted octanol–water partition coefficient (Wildman–Crippen LogP) is 15.8. The lowest BCUT2D eigenvalue weighted by Gasteiger charge is -2.29. The van der Waals surface area contributed by atoms with E-state index in [1.807, 2.05) is 0 Å². The van der Waals surface area contributed by atoms with Crippen LogP contribution in [0.4, 0.5) is 17.1 Å². The number of fused-ring (bicyclic) bond motifs is 6. The highest BCUT2D eigenvalue weighted by molar-refractivity contribution is 6.18. The number of anilines is 3. The van der Waals surface area contributed by atoms with Crippen molar-refractivity contribution >= 4 is 60.8 Å². The zero-order valence-electron chi connectivity index (χ0n) is 32.9. The van der Waals surface area contributed by atoms with E-state index in [0.717, 1.165) is 55.8 Å². The molecule has 0 saturated carbocycles. The third kappa shape index (κ3) is 5.74. The van der Waals surface area contributed by atoms with Crippen LogP contribution in [-0.2, 0) is 0 Å². The van der Waals surface area contributed by atoms with Crippen LogP contribution in [0.5, 0.6) is 0 Å². The molecule has 11 aromatic rings. The van der Waals surface area contributed by atoms with Crippen LogP contribution in [0, 0.1) is 13.8 Å². The first-order chi connectivity index (χ1) is 29.1. The van der Waals surface area contributed by atoms with Gasteiger partial charge in [-0.15, -0.1) is 0 Å². The molecule has 0 N–H and O–H groups in total. The van der Waals surface area contributed by atoms with Crippen molar-refractivity contribution in [1.29, 1.82) is 0 Å². The summed E-state index contributed by atoms with van der Waals surface area (Å²) in [4.78, 5) is 2.42. The maximum atomic E-state index is 7.03. The highest BCUT2D eigenvalue weighted by Crippen LogP contribution is 2.49. The second kappa shape index (κ2) is 14.1. The van der Waals surface area contributed by atoms with Crippen LogP contribution >= 0.6 is 0 Å². The molecule has 9 aromatic carbocycles. The van der Waals surface area contributed by atoms with E-state index in [4.69, 9.17) is 4.42 Å². The Bertz CT molecular complexity index is 3300. The molecule has 59 heavy (non-hydrogen) atoms. The molecule has 0 aliphatic rings. The summed E-state index contributed by atoms with van der Waals surface area (Å²) < 4.78 is 9.44. The highest BCUT2D eigenvalue weighted by atomic mass is 16.3. The zero-order chi connectivity index (χ0) is 39.5. The summed E-state index contributed by atoms with van der Waals surface area (Å²) in [6.45, 7) is 4.41. The lowest BCUT2D eigenvalue weighted by Crippen LogP contribution is -2.11. The molecule has 0 spiro atoms. The quantitative estimate of drug-likeness (QED) is 0.161. The Labute approximate surface area is 343 Å². The molecule has 0 aliphatic carbocycles. The molecule has 2 heterocycles. The van der Waals surface area contributed by atoms with Gasteiger partial charge in [0.05, 0.1) is 27.8 Å². The average Bonchev–Trinajstić information content (AvgIpc) is 3.84. The van der Waals surface area contributed by atoms with Gasteiger partial charge in [-0.2, -0.15) is 0 Å². The van der Waals surface area contributed by atoms with Gasteiger partial charge in [-0.3, -0.25) is 0 Å². The van der Waals surface area contributed by atoms with E-state index in [-0.39, 0.29) is 0 Å². The van der Waals surface area contributed by atoms with Crippen molar-refractivity contribution in [3.05, 3.63) is 217 Å². The van der Waals surface area contributed by atoms with Gasteiger partial charge in [-0.25, -0.2) is 0 Å². The van der Waals surface area contributed by atoms with Crippen molar-refractivity contribution in [2.24, 2.45) is 0 Å². The first-order valence-electron chi connectivity index (χ1n) is 20.3. The summed E-state index contributed by atoms with van der Waals surface area (Å²) in [5.74, 6) is 0. The van der Waals surface area contributed by atoms with Gasteiger partial charge in [0.1, 0.15) is 11.2 Å². The van der Waals surface area contributed by atoms with Crippen LogP contribution in [0.25, 0.3) is 82.8 Å². The normalized spacial score (nSPS) is 11.6. The van der Waals surface area contributed by atoms with Crippen LogP contribution in [-0.4, -0.2) is 4.57 Å². The molecule has 0 atom stereocenters. The summed E-state index contributed by atoms with van der Waals surface area (Å²) in [7, 11) is 0. The fourth-order valence-electron chi connectivity index (χ4n) is 9.21. The van der Waals surface area contributed by atoms with Crippen molar-refractivity contribution in [1.82, 2.24) is 4.57 Å². The largest absolute Gasteiger partial charge is 0.455 e. The number of para-hydroxylation sites is 4. The number of rotatable bonds is 7. The van der Waals surface area contributed by atoms with Gasteiger partial charge in [0.25, 0.3) is 0 Å². The van der Waals surface area contributed by atoms with Crippen LogP contribution in [0.2, 0.25) is 0 Å². The van der Waals surface area contributed by atoms with Crippen LogP contribution < -0.4 is 4.90 Å². The standard InChI is InChI=1S/C56H40N2O/c1-37-18-17-23-41(34-37)57(42-35-38(2)54(40-21-7-4-8-22-40)48(36-42)39-19-5-3-6-20-39)52-33-32-46(56-55(52)47-27-12-16-31-53(47)59-56)45-26-11-15-30-51(45)58-49-28-13-9-24-43(49)44-25-10-14-29-50(44)58/h3-36H,1-2H3. The van der Waals surface area contributed by atoms with Gasteiger partial charge in [-0.05, 0) is 108 Å². The number of benzene rings is 9. The Hall–Kier alpha value is -7.62. The van der Waals surface area contributed by atoms with Crippen molar-refractivity contribution in [2.45, 2.75) is 13.8 Å². The molecule has 2 aromatic heterocycles. The minimum Gasteiger partial charge on any atom is -0.455 e. The maximum absolute atomic E-state index is 7.03. The lowest BCUT2D eigenvalue weighted by molar-refractivity contribution is 0.670. The summed E-state index contributed by atoms with van der Waals surface area (Å²) in [5, 5.41) is 4.62. The van der Waals surface area contributed by atoms with Gasteiger partial charge in [0.15, 0.2) is 0 Å². The Morgan fingerprint density at radius 2 is 1.07 bits per heavy atom. The molecule has 0 amide bonds. The SMILES string of the molecule is Cc1cccc(N(c2cc(C)c(-c3ccccc3)c(-c3ccccc3)c2)c2ccc(-c3ccccc3-n3c4ccccc4c4ccccc43)c3oc4ccccc4c23)c1. The van der Waals surface area contributed by atoms with Crippen LogP contribution in [0.1, 0.15) is 11.1 Å². The number of hydrogen-bond donors (Lipinski definition) is 0. The molecule has 0 unspecified atom stereocenters. The molecule has 0 saturated heterocycles. The van der Waals surface area contributed by atoms with Crippen LogP contribution in [0.3, 0.4) is 0 Å². The Morgan fingerprint density at radius 3 is 1.80 bits per heavy atom. The molecule has 0 radical (unpaired) electrons. The third-order valence-corrected chi connectivity index (χ3v) is 11.7. The first-order valence-corrected chi connectivity index (χ1v) is 20.3. The molecular weight excluding hydrogens is 717 g/mol. The zero-order valence-corrected chi connectivity index (χ0v) is 32.9. The maximum Gasteiger partial charge on any atom is 0.145 e. The van der Waals surface area contributed by atoms with E-state index in [1.165, 1.54) is 55.2 Å². The second-order valence-corrected chi connectivity index (χ2v) is 15.4. The van der Waals surface area contributed by atoms with Gasteiger partial charge < -0.3 is 13.9 Å². The summed E-state index contributed by atoms with van der Waals surface area (Å²) in [6, 6.07) is 74.2. The summed E-state index contributed by atoms with van der Waals surface area (Å²) >= 11 is 0. The van der Waals surface area contributed by atoms with E-state index in [2.05, 4.69) is 230 Å². The second-order valence-electron chi connectivity index (χ2n) is 15.4. The van der Waals surface area contributed by atoms with E-state index < -0.39 is 0 Å². The van der Waals surface area contributed by atoms with Crippen molar-refractivity contribution in [2.75, 3.05) is 4.90 Å². The smallest absolute Gasteiger partial charge is 0.145 e. The Morgan fingerprint density at radius 1 is 0.441 bits per heavy atom. The molecule has 3 nitrogen and oxygen atoms in total. The molecule has 11 rings (SSSR count). The number of nitrogens with zero attached hydrogens (tertiary/aromatic N) is 2. The highest BCUT2D eigenvalue weighted by Gasteiger charge is 2.25. The number of furan rings is 1. The van der Waals surface area contributed by atoms with Crippen molar-refractivity contribution in [3.8, 4) is 39.1 Å². The molecule has 0 aliphatic heterocycles. The molecule has 0 bridgehead atoms. The Balaban J connectivity index is 1.20. The average molecular weight is 757 g/mol. The van der Waals surface area contributed by atoms with Gasteiger partial charge >= 0.3 is 0 Å². The van der Waals surface area contributed by atoms with Gasteiger partial charge in [-0.1, -0.05) is 146 Å². The van der Waals surface area contributed by atoms with E-state index in [1.54, 1.807) is 0 Å². The van der Waals surface area contributed by atoms with Crippen LogP contribution in [0.15, 0.2) is 211 Å². The minimum absolute atomic E-state index is 0.857. The van der Waals surface area contributed by atoms with Gasteiger partial charge in [0, 0.05) is 38.7 Å².